The molecule has 164 valence electrons. The third kappa shape index (κ3) is 8.35. The fourth-order valence-corrected chi connectivity index (χ4v) is 3.67. The third-order valence-electron chi connectivity index (χ3n) is 5.56. The summed E-state index contributed by atoms with van der Waals surface area (Å²) in [5.74, 6) is 0.777. The average Bonchev–Trinajstić information content (AvgIpc) is 3.24. The van der Waals surface area contributed by atoms with Crippen LogP contribution in [0.15, 0.2) is 24.3 Å². The quantitative estimate of drug-likeness (QED) is 0.430. The molecular formula is C24H40N2O3. The largest absolute Gasteiger partial charge is 0.494 e. The molecule has 1 aromatic rings. The molecule has 0 spiro atoms. The van der Waals surface area contributed by atoms with Crippen LogP contribution in [0.1, 0.15) is 72.1 Å². The van der Waals surface area contributed by atoms with E-state index in [2.05, 4.69) is 24.1 Å². The summed E-state index contributed by atoms with van der Waals surface area (Å²) in [7, 11) is 0. The van der Waals surface area contributed by atoms with Gasteiger partial charge in [-0.2, -0.15) is 0 Å². The second kappa shape index (κ2) is 12.9. The van der Waals surface area contributed by atoms with Gasteiger partial charge in [-0.3, -0.25) is 4.79 Å². The molecule has 1 atom stereocenters. The predicted octanol–water partition coefficient (Wildman–Crippen LogP) is 5.26. The lowest BCUT2D eigenvalue weighted by molar-refractivity contribution is -0.140. The SMILES string of the molecule is CCCCCC(C)(OCCC)C(=O)Nc1ccc(OCCCN2CCCC2)cc1. The highest BCUT2D eigenvalue weighted by atomic mass is 16.5. The highest BCUT2D eigenvalue weighted by molar-refractivity contribution is 5.97. The van der Waals surface area contributed by atoms with Crippen LogP contribution in [0.3, 0.4) is 0 Å². The summed E-state index contributed by atoms with van der Waals surface area (Å²) in [5.41, 5.74) is -0.00290. The normalized spacial score (nSPS) is 16.5. The van der Waals surface area contributed by atoms with Crippen LogP contribution in [0.25, 0.3) is 0 Å². The maximum absolute atomic E-state index is 12.9. The number of hydrogen-bond donors (Lipinski definition) is 1. The number of carbonyl (C=O) groups excluding carboxylic acids is 1. The molecule has 29 heavy (non-hydrogen) atoms. The lowest BCUT2D eigenvalue weighted by Gasteiger charge is -2.28. The van der Waals surface area contributed by atoms with E-state index in [0.717, 1.165) is 63.1 Å². The summed E-state index contributed by atoms with van der Waals surface area (Å²) in [5, 5.41) is 3.02. The smallest absolute Gasteiger partial charge is 0.256 e. The topological polar surface area (TPSA) is 50.8 Å². The van der Waals surface area contributed by atoms with Gasteiger partial charge in [0.25, 0.3) is 5.91 Å². The average molecular weight is 405 g/mol. The van der Waals surface area contributed by atoms with Crippen molar-refractivity contribution in [1.82, 2.24) is 4.90 Å². The van der Waals surface area contributed by atoms with Crippen molar-refractivity contribution in [2.45, 2.75) is 77.7 Å². The van der Waals surface area contributed by atoms with Crippen LogP contribution in [-0.2, 0) is 9.53 Å². The van der Waals surface area contributed by atoms with Gasteiger partial charge >= 0.3 is 0 Å². The number of ether oxygens (including phenoxy) is 2. The van der Waals surface area contributed by atoms with Crippen LogP contribution in [0, 0.1) is 0 Å². The summed E-state index contributed by atoms with van der Waals surface area (Å²) < 4.78 is 11.8. The molecule has 2 rings (SSSR count). The molecule has 1 saturated heterocycles. The highest BCUT2D eigenvalue weighted by Gasteiger charge is 2.33. The number of hydrogen-bond acceptors (Lipinski definition) is 4. The van der Waals surface area contributed by atoms with Crippen molar-refractivity contribution in [2.24, 2.45) is 0 Å². The van der Waals surface area contributed by atoms with Gasteiger partial charge in [0.05, 0.1) is 6.61 Å². The van der Waals surface area contributed by atoms with E-state index in [0.29, 0.717) is 6.61 Å². The molecule has 0 aliphatic carbocycles. The Balaban J connectivity index is 1.79. The highest BCUT2D eigenvalue weighted by Crippen LogP contribution is 2.24. The van der Waals surface area contributed by atoms with E-state index in [4.69, 9.17) is 9.47 Å². The second-order valence-corrected chi connectivity index (χ2v) is 8.27. The Kier molecular flexibility index (Phi) is 10.5. The maximum atomic E-state index is 12.9. The minimum Gasteiger partial charge on any atom is -0.494 e. The van der Waals surface area contributed by atoms with Crippen LogP contribution in [0.4, 0.5) is 5.69 Å². The van der Waals surface area contributed by atoms with Gasteiger partial charge in [-0.15, -0.1) is 0 Å². The first-order valence-corrected chi connectivity index (χ1v) is 11.5. The Bertz CT molecular complexity index is 584. The summed E-state index contributed by atoms with van der Waals surface area (Å²) in [4.78, 5) is 15.4. The van der Waals surface area contributed by atoms with E-state index in [9.17, 15) is 4.79 Å². The lowest BCUT2D eigenvalue weighted by atomic mass is 9.96. The minimum atomic E-state index is -0.782. The zero-order chi connectivity index (χ0) is 21.0. The molecule has 1 aliphatic rings. The zero-order valence-electron chi connectivity index (χ0n) is 18.7. The number of unbranched alkanes of at least 4 members (excludes halogenated alkanes) is 2. The van der Waals surface area contributed by atoms with E-state index >= 15 is 0 Å². The monoisotopic (exact) mass is 404 g/mol. The van der Waals surface area contributed by atoms with Crippen molar-refractivity contribution in [1.29, 1.82) is 0 Å². The molecule has 0 bridgehead atoms. The third-order valence-corrected chi connectivity index (χ3v) is 5.56. The number of anilines is 1. The summed E-state index contributed by atoms with van der Waals surface area (Å²) in [6.07, 6.45) is 8.58. The molecule has 0 aromatic heterocycles. The van der Waals surface area contributed by atoms with Gasteiger partial charge in [-0.1, -0.05) is 33.1 Å². The van der Waals surface area contributed by atoms with Gasteiger partial charge in [-0.25, -0.2) is 0 Å². The molecule has 1 heterocycles. The predicted molar refractivity (Wildman–Crippen MR) is 120 cm³/mol. The fourth-order valence-electron chi connectivity index (χ4n) is 3.67. The Morgan fingerprint density at radius 3 is 2.41 bits per heavy atom. The van der Waals surface area contributed by atoms with Gasteiger partial charge in [0.2, 0.25) is 0 Å². The van der Waals surface area contributed by atoms with Crippen molar-refractivity contribution in [3.63, 3.8) is 0 Å². The molecule has 1 fully saturated rings. The van der Waals surface area contributed by atoms with Gasteiger partial charge in [0, 0.05) is 18.8 Å². The standard InChI is InChI=1S/C24H40N2O3/c1-4-6-7-15-24(3,29-19-5-2)23(27)25-21-11-13-22(14-12-21)28-20-10-18-26-16-8-9-17-26/h11-14H,4-10,15-20H2,1-3H3,(H,25,27). The van der Waals surface area contributed by atoms with Crippen LogP contribution < -0.4 is 10.1 Å². The van der Waals surface area contributed by atoms with Crippen LogP contribution in [-0.4, -0.2) is 49.3 Å². The van der Waals surface area contributed by atoms with Crippen molar-refractivity contribution in [3.05, 3.63) is 24.3 Å². The number of rotatable bonds is 14. The first-order valence-electron chi connectivity index (χ1n) is 11.5. The molecule has 5 nitrogen and oxygen atoms in total. The number of carbonyl (C=O) groups is 1. The van der Waals surface area contributed by atoms with Crippen LogP contribution in [0.2, 0.25) is 0 Å². The van der Waals surface area contributed by atoms with E-state index in [1.807, 2.05) is 31.2 Å². The van der Waals surface area contributed by atoms with Crippen molar-refractivity contribution in [2.75, 3.05) is 38.2 Å². The zero-order valence-corrected chi connectivity index (χ0v) is 18.7. The molecule has 1 aliphatic heterocycles. The van der Waals surface area contributed by atoms with Gasteiger partial charge in [0.1, 0.15) is 11.4 Å². The molecule has 0 saturated carbocycles. The number of amides is 1. The van der Waals surface area contributed by atoms with E-state index in [-0.39, 0.29) is 5.91 Å². The fraction of sp³-hybridized carbons (Fsp3) is 0.708. The molecule has 1 N–H and O–H groups in total. The Morgan fingerprint density at radius 2 is 1.76 bits per heavy atom. The van der Waals surface area contributed by atoms with Crippen molar-refractivity contribution < 1.29 is 14.3 Å². The minimum absolute atomic E-state index is 0.0682. The Hall–Kier alpha value is -1.59. The Morgan fingerprint density at radius 1 is 1.03 bits per heavy atom. The summed E-state index contributed by atoms with van der Waals surface area (Å²) >= 11 is 0. The number of nitrogens with one attached hydrogen (secondary N) is 1. The van der Waals surface area contributed by atoms with E-state index in [1.165, 1.54) is 25.9 Å². The first-order chi connectivity index (χ1) is 14.1. The summed E-state index contributed by atoms with van der Waals surface area (Å²) in [6, 6.07) is 7.65. The first kappa shape index (κ1) is 23.7. The summed E-state index contributed by atoms with van der Waals surface area (Å²) in [6.45, 7) is 11.0. The van der Waals surface area contributed by atoms with Crippen LogP contribution in [0.5, 0.6) is 5.75 Å². The van der Waals surface area contributed by atoms with E-state index < -0.39 is 5.60 Å². The number of likely N-dealkylation sites (tertiary alicyclic amines) is 1. The van der Waals surface area contributed by atoms with Gasteiger partial charge in [0.15, 0.2) is 0 Å². The molecule has 5 heteroatoms. The maximum Gasteiger partial charge on any atom is 0.256 e. The number of nitrogens with zero attached hydrogens (tertiary/aromatic N) is 1. The molecular weight excluding hydrogens is 364 g/mol. The lowest BCUT2D eigenvalue weighted by Crippen LogP contribution is -2.43. The second-order valence-electron chi connectivity index (χ2n) is 8.27. The van der Waals surface area contributed by atoms with Gasteiger partial charge < -0.3 is 19.7 Å². The Labute approximate surface area is 177 Å². The van der Waals surface area contributed by atoms with Crippen molar-refractivity contribution in [3.8, 4) is 5.75 Å². The van der Waals surface area contributed by atoms with E-state index in [1.54, 1.807) is 0 Å². The number of benzene rings is 1. The van der Waals surface area contributed by atoms with Gasteiger partial charge in [-0.05, 0) is 76.4 Å². The van der Waals surface area contributed by atoms with Crippen LogP contribution >= 0.6 is 0 Å². The van der Waals surface area contributed by atoms with Crippen molar-refractivity contribution >= 4 is 11.6 Å². The molecule has 1 unspecified atom stereocenters. The molecule has 1 aromatic carbocycles. The molecule has 0 radical (unpaired) electrons. The molecule has 1 amide bonds.